The third-order valence-corrected chi connectivity index (χ3v) is 4.11. The lowest BCUT2D eigenvalue weighted by Gasteiger charge is -2.12. The summed E-state index contributed by atoms with van der Waals surface area (Å²) in [5, 5.41) is 9.04. The van der Waals surface area contributed by atoms with Gasteiger partial charge in [0.1, 0.15) is 5.82 Å². The maximum absolute atomic E-state index is 13.7. The van der Waals surface area contributed by atoms with Crippen molar-refractivity contribution in [2.45, 2.75) is 13.1 Å². The molecular weight excluding hydrogens is 408 g/mol. The number of halogens is 4. The van der Waals surface area contributed by atoms with Crippen molar-refractivity contribution in [1.29, 1.82) is 0 Å². The molecule has 0 aliphatic carbocycles. The molecule has 0 radical (unpaired) electrons. The maximum Gasteiger partial charge on any atom is 0.435 e. The van der Waals surface area contributed by atoms with Gasteiger partial charge in [0.25, 0.3) is 5.91 Å². The summed E-state index contributed by atoms with van der Waals surface area (Å²) in [6, 6.07) is 8.48. The van der Waals surface area contributed by atoms with Crippen LogP contribution >= 0.6 is 0 Å². The number of nitrogens with zero attached hydrogens (tertiary/aromatic N) is 3. The highest BCUT2D eigenvalue weighted by atomic mass is 19.4. The van der Waals surface area contributed by atoms with Crippen LogP contribution in [-0.4, -0.2) is 34.0 Å². The lowest BCUT2D eigenvalue weighted by atomic mass is 10.1. The minimum Gasteiger partial charge on any atom is -0.465 e. The Morgan fingerprint density at radius 2 is 1.87 bits per heavy atom. The minimum atomic E-state index is -5.01. The molecule has 0 aliphatic heterocycles. The van der Waals surface area contributed by atoms with E-state index in [1.807, 2.05) is 0 Å². The van der Waals surface area contributed by atoms with E-state index in [9.17, 15) is 27.2 Å². The van der Waals surface area contributed by atoms with E-state index in [0.717, 1.165) is 12.1 Å². The molecule has 0 spiro atoms. The van der Waals surface area contributed by atoms with Gasteiger partial charge in [0.2, 0.25) is 0 Å². The first kappa shape index (κ1) is 21.0. The Morgan fingerprint density at radius 1 is 1.13 bits per heavy atom. The number of nitrogens with one attached hydrogen (secondary N) is 1. The van der Waals surface area contributed by atoms with Gasteiger partial charge in [-0.2, -0.15) is 13.2 Å². The Bertz CT molecular complexity index is 1130. The van der Waals surface area contributed by atoms with Crippen LogP contribution in [0.25, 0.3) is 5.69 Å². The van der Waals surface area contributed by atoms with Crippen molar-refractivity contribution >= 4 is 17.6 Å². The molecule has 1 N–H and O–H groups in total. The summed E-state index contributed by atoms with van der Waals surface area (Å²) < 4.78 is 59.4. The summed E-state index contributed by atoms with van der Waals surface area (Å²) in [5.74, 6) is -2.66. The van der Waals surface area contributed by atoms with E-state index >= 15 is 0 Å². The van der Waals surface area contributed by atoms with Gasteiger partial charge in [0.15, 0.2) is 11.4 Å². The van der Waals surface area contributed by atoms with Crippen LogP contribution in [0.5, 0.6) is 0 Å². The van der Waals surface area contributed by atoms with Crippen molar-refractivity contribution in [3.8, 4) is 5.69 Å². The fourth-order valence-electron chi connectivity index (χ4n) is 2.66. The topological polar surface area (TPSA) is 86.1 Å². The Morgan fingerprint density at radius 3 is 2.50 bits per heavy atom. The van der Waals surface area contributed by atoms with E-state index in [4.69, 9.17) is 0 Å². The second kappa shape index (κ2) is 7.93. The number of ether oxygens (including phenoxy) is 1. The van der Waals surface area contributed by atoms with Gasteiger partial charge >= 0.3 is 12.1 Å². The first-order chi connectivity index (χ1) is 14.1. The molecule has 156 valence electrons. The Kier molecular flexibility index (Phi) is 5.54. The van der Waals surface area contributed by atoms with Gasteiger partial charge in [-0.1, -0.05) is 17.3 Å². The zero-order valence-electron chi connectivity index (χ0n) is 15.6. The molecule has 0 unspecified atom stereocenters. The number of amides is 1. The van der Waals surface area contributed by atoms with Gasteiger partial charge in [-0.05, 0) is 42.8 Å². The highest BCUT2D eigenvalue weighted by molar-refractivity contribution is 6.05. The van der Waals surface area contributed by atoms with Gasteiger partial charge in [-0.25, -0.2) is 13.9 Å². The predicted molar refractivity (Wildman–Crippen MR) is 96.8 cm³/mol. The molecular formula is C19H14F4N4O3. The van der Waals surface area contributed by atoms with Crippen molar-refractivity contribution < 1.29 is 31.9 Å². The third-order valence-electron chi connectivity index (χ3n) is 4.11. The molecule has 0 fully saturated rings. The highest BCUT2D eigenvalue weighted by Gasteiger charge is 2.42. The largest absolute Gasteiger partial charge is 0.465 e. The summed E-state index contributed by atoms with van der Waals surface area (Å²) >= 11 is 0. The zero-order chi connectivity index (χ0) is 22.1. The molecule has 0 aliphatic rings. The van der Waals surface area contributed by atoms with Crippen molar-refractivity contribution in [2.24, 2.45) is 0 Å². The molecule has 0 bridgehead atoms. The smallest absolute Gasteiger partial charge is 0.435 e. The zero-order valence-corrected chi connectivity index (χ0v) is 15.6. The standard InChI is InChI=1S/C19H14F4N4O3/c1-10-6-7-11(18(29)30-2)8-14(10)24-17(28)15-16(19(21,22)23)27(26-25-15)13-5-3-4-12(20)9-13/h3-9H,1-2H3,(H,24,28). The van der Waals surface area contributed by atoms with Crippen molar-refractivity contribution in [2.75, 3.05) is 12.4 Å². The Labute approximate surface area is 167 Å². The van der Waals surface area contributed by atoms with Crippen LogP contribution in [0.1, 0.15) is 32.1 Å². The molecule has 11 heteroatoms. The second-order valence-electron chi connectivity index (χ2n) is 6.15. The van der Waals surface area contributed by atoms with Gasteiger partial charge in [0, 0.05) is 5.69 Å². The quantitative estimate of drug-likeness (QED) is 0.511. The normalized spacial score (nSPS) is 11.3. The van der Waals surface area contributed by atoms with E-state index in [2.05, 4.69) is 20.4 Å². The Balaban J connectivity index is 2.02. The van der Waals surface area contributed by atoms with Crippen LogP contribution in [0.2, 0.25) is 0 Å². The number of alkyl halides is 3. The second-order valence-corrected chi connectivity index (χ2v) is 6.15. The Hall–Kier alpha value is -3.76. The fraction of sp³-hybridized carbons (Fsp3) is 0.158. The van der Waals surface area contributed by atoms with Crippen LogP contribution < -0.4 is 5.32 Å². The fourth-order valence-corrected chi connectivity index (χ4v) is 2.66. The lowest BCUT2D eigenvalue weighted by molar-refractivity contribution is -0.143. The van der Waals surface area contributed by atoms with E-state index in [0.29, 0.717) is 10.2 Å². The maximum atomic E-state index is 13.7. The van der Waals surface area contributed by atoms with Crippen molar-refractivity contribution in [3.63, 3.8) is 0 Å². The van der Waals surface area contributed by atoms with E-state index in [1.165, 1.54) is 37.4 Å². The van der Waals surface area contributed by atoms with Gasteiger partial charge < -0.3 is 10.1 Å². The molecule has 1 heterocycles. The predicted octanol–water partition coefficient (Wildman–Crippen LogP) is 3.77. The van der Waals surface area contributed by atoms with E-state index < -0.39 is 35.3 Å². The first-order valence-corrected chi connectivity index (χ1v) is 8.41. The number of anilines is 1. The van der Waals surface area contributed by atoms with Crippen molar-refractivity contribution in [1.82, 2.24) is 15.0 Å². The average molecular weight is 422 g/mol. The number of carbonyl (C=O) groups excluding carboxylic acids is 2. The summed E-state index contributed by atoms with van der Waals surface area (Å²) in [7, 11) is 1.17. The number of aryl methyl sites for hydroxylation is 1. The number of aromatic nitrogens is 3. The molecule has 0 saturated carbocycles. The molecule has 3 aromatic rings. The number of hydrogen-bond acceptors (Lipinski definition) is 5. The van der Waals surface area contributed by atoms with Crippen LogP contribution in [0.4, 0.5) is 23.2 Å². The summed E-state index contributed by atoms with van der Waals surface area (Å²) in [6.07, 6.45) is -5.01. The molecule has 0 atom stereocenters. The number of benzene rings is 2. The van der Waals surface area contributed by atoms with Crippen LogP contribution in [0.15, 0.2) is 42.5 Å². The third kappa shape index (κ3) is 4.14. The van der Waals surface area contributed by atoms with Crippen LogP contribution in [0.3, 0.4) is 0 Å². The molecule has 2 aromatic carbocycles. The van der Waals surface area contributed by atoms with E-state index in [1.54, 1.807) is 6.92 Å². The van der Waals surface area contributed by atoms with Gasteiger partial charge in [0.05, 0.1) is 18.4 Å². The minimum absolute atomic E-state index is 0.0938. The summed E-state index contributed by atoms with van der Waals surface area (Å²) in [5.41, 5.74) is -2.05. The SMILES string of the molecule is COC(=O)c1ccc(C)c(NC(=O)c2nnn(-c3cccc(F)c3)c2C(F)(F)F)c1. The van der Waals surface area contributed by atoms with Crippen LogP contribution in [0, 0.1) is 12.7 Å². The highest BCUT2D eigenvalue weighted by Crippen LogP contribution is 2.33. The molecule has 0 saturated heterocycles. The average Bonchev–Trinajstić information content (AvgIpc) is 3.15. The van der Waals surface area contributed by atoms with Gasteiger partial charge in [-0.3, -0.25) is 4.79 Å². The molecule has 30 heavy (non-hydrogen) atoms. The van der Waals surface area contributed by atoms with Gasteiger partial charge in [-0.15, -0.1) is 5.10 Å². The number of hydrogen-bond donors (Lipinski definition) is 1. The number of rotatable bonds is 4. The first-order valence-electron chi connectivity index (χ1n) is 8.41. The van der Waals surface area contributed by atoms with E-state index in [-0.39, 0.29) is 16.9 Å². The number of carbonyl (C=O) groups is 2. The summed E-state index contributed by atoms with van der Waals surface area (Å²) in [4.78, 5) is 24.2. The summed E-state index contributed by atoms with van der Waals surface area (Å²) in [6.45, 7) is 1.59. The molecule has 1 aromatic heterocycles. The number of esters is 1. The van der Waals surface area contributed by atoms with Crippen molar-refractivity contribution in [3.05, 3.63) is 70.8 Å². The molecule has 7 nitrogen and oxygen atoms in total. The lowest BCUT2D eigenvalue weighted by Crippen LogP contribution is -2.21. The number of methoxy groups -OCH3 is 1. The molecule has 3 rings (SSSR count). The monoisotopic (exact) mass is 422 g/mol. The van der Waals surface area contributed by atoms with Crippen LogP contribution in [-0.2, 0) is 10.9 Å². The molecule has 1 amide bonds.